The predicted molar refractivity (Wildman–Crippen MR) is 102 cm³/mol. The van der Waals surface area contributed by atoms with E-state index in [9.17, 15) is 8.42 Å². The Bertz CT molecular complexity index is 699. The van der Waals surface area contributed by atoms with Gasteiger partial charge in [-0.2, -0.15) is 0 Å². The first kappa shape index (κ1) is 15.8. The summed E-state index contributed by atoms with van der Waals surface area (Å²) in [6, 6.07) is 12.3. The fourth-order valence-electron chi connectivity index (χ4n) is 1.38. The lowest BCUT2D eigenvalue weighted by Crippen LogP contribution is -2.13. The minimum absolute atomic E-state index is 0.274. The molecule has 19 heavy (non-hydrogen) atoms. The summed E-state index contributed by atoms with van der Waals surface area (Å²) in [6.07, 6.45) is 0. The van der Waals surface area contributed by atoms with Crippen molar-refractivity contribution >= 4 is 83.5 Å². The van der Waals surface area contributed by atoms with Gasteiger partial charge in [-0.15, -0.1) is 0 Å². The Morgan fingerprint density at radius 3 is 2.05 bits per heavy atom. The second-order valence-corrected chi connectivity index (χ2v) is 8.94. The molecule has 0 spiro atoms. The van der Waals surface area contributed by atoms with Crippen LogP contribution in [-0.4, -0.2) is 8.42 Å². The van der Waals surface area contributed by atoms with Crippen LogP contribution in [-0.2, 0) is 10.0 Å². The number of sulfonamides is 1. The van der Waals surface area contributed by atoms with Gasteiger partial charge in [0.1, 0.15) is 0 Å². The van der Waals surface area contributed by atoms with Crippen LogP contribution < -0.4 is 4.72 Å². The second-order valence-electron chi connectivity index (χ2n) is 3.69. The predicted octanol–water partition coefficient (Wildman–Crippen LogP) is 4.30. The van der Waals surface area contributed by atoms with Gasteiger partial charge >= 0.3 is 0 Å². The van der Waals surface area contributed by atoms with Crippen LogP contribution in [0.5, 0.6) is 0 Å². The van der Waals surface area contributed by atoms with Gasteiger partial charge in [-0.3, -0.25) is 4.72 Å². The lowest BCUT2D eigenvalue weighted by Gasteiger charge is -2.09. The molecule has 2 rings (SSSR count). The van der Waals surface area contributed by atoms with Gasteiger partial charge < -0.3 is 0 Å². The molecule has 0 saturated heterocycles. The van der Waals surface area contributed by atoms with Gasteiger partial charge in [0.05, 0.1) is 4.90 Å². The molecular formula is C12H8I3NO2S. The normalized spacial score (nSPS) is 11.3. The van der Waals surface area contributed by atoms with Gasteiger partial charge in [0, 0.05) is 16.4 Å². The van der Waals surface area contributed by atoms with Crippen molar-refractivity contribution in [2.45, 2.75) is 4.90 Å². The molecule has 3 nitrogen and oxygen atoms in total. The number of anilines is 1. The number of rotatable bonds is 3. The number of hydrogen-bond acceptors (Lipinski definition) is 2. The number of nitrogens with one attached hydrogen (secondary N) is 1. The van der Waals surface area contributed by atoms with E-state index in [-0.39, 0.29) is 4.90 Å². The lowest BCUT2D eigenvalue weighted by molar-refractivity contribution is 0.601. The van der Waals surface area contributed by atoms with Crippen molar-refractivity contribution in [3.8, 4) is 0 Å². The number of halogens is 3. The van der Waals surface area contributed by atoms with Crippen molar-refractivity contribution in [2.24, 2.45) is 0 Å². The summed E-state index contributed by atoms with van der Waals surface area (Å²) >= 11 is 6.47. The van der Waals surface area contributed by atoms with Crippen molar-refractivity contribution in [2.75, 3.05) is 4.72 Å². The van der Waals surface area contributed by atoms with Crippen molar-refractivity contribution < 1.29 is 8.42 Å². The largest absolute Gasteiger partial charge is 0.280 e. The minimum atomic E-state index is -3.53. The maximum absolute atomic E-state index is 12.2. The van der Waals surface area contributed by atoms with Gasteiger partial charge in [0.25, 0.3) is 10.0 Å². The summed E-state index contributed by atoms with van der Waals surface area (Å²) in [5, 5.41) is 0. The molecule has 0 saturated carbocycles. The summed E-state index contributed by atoms with van der Waals surface area (Å²) in [5.74, 6) is 0. The van der Waals surface area contributed by atoms with Crippen LogP contribution in [0.1, 0.15) is 0 Å². The van der Waals surface area contributed by atoms with Gasteiger partial charge in [-0.05, 0) is 110 Å². The highest BCUT2D eigenvalue weighted by atomic mass is 127. The maximum atomic E-state index is 12.2. The fraction of sp³-hybridized carbons (Fsp3) is 0. The van der Waals surface area contributed by atoms with Gasteiger partial charge in [0.15, 0.2) is 0 Å². The molecule has 0 aliphatic carbocycles. The first-order valence-corrected chi connectivity index (χ1v) is 9.84. The molecule has 100 valence electrons. The van der Waals surface area contributed by atoms with E-state index >= 15 is 0 Å². The Balaban J connectivity index is 2.32. The average molecular weight is 611 g/mol. The molecule has 0 aliphatic rings. The first-order valence-electron chi connectivity index (χ1n) is 5.12. The van der Waals surface area contributed by atoms with Crippen LogP contribution in [0.25, 0.3) is 0 Å². The molecule has 2 aromatic rings. The van der Waals surface area contributed by atoms with Crippen molar-refractivity contribution in [1.29, 1.82) is 0 Å². The van der Waals surface area contributed by atoms with E-state index in [0.29, 0.717) is 5.69 Å². The molecule has 0 bridgehead atoms. The molecule has 0 amide bonds. The third kappa shape index (κ3) is 4.17. The fourth-order valence-corrected chi connectivity index (χ4v) is 3.88. The van der Waals surface area contributed by atoms with Gasteiger partial charge in [-0.25, -0.2) is 8.42 Å². The molecule has 0 radical (unpaired) electrons. The monoisotopic (exact) mass is 611 g/mol. The zero-order valence-corrected chi connectivity index (χ0v) is 16.7. The molecule has 1 N–H and O–H groups in total. The third-order valence-electron chi connectivity index (χ3n) is 2.30. The van der Waals surface area contributed by atoms with E-state index in [1.165, 1.54) is 0 Å². The van der Waals surface area contributed by atoms with E-state index < -0.39 is 10.0 Å². The highest BCUT2D eigenvalue weighted by Crippen LogP contribution is 2.22. The van der Waals surface area contributed by atoms with Crippen molar-refractivity contribution in [3.63, 3.8) is 0 Å². The van der Waals surface area contributed by atoms with Crippen LogP contribution in [0.3, 0.4) is 0 Å². The quantitative estimate of drug-likeness (QED) is 0.527. The molecule has 0 atom stereocenters. The van der Waals surface area contributed by atoms with Gasteiger partial charge in [0.2, 0.25) is 0 Å². The van der Waals surface area contributed by atoms with E-state index in [2.05, 4.69) is 72.5 Å². The van der Waals surface area contributed by atoms with Crippen LogP contribution in [0, 0.1) is 10.7 Å². The van der Waals surface area contributed by atoms with Crippen molar-refractivity contribution in [1.82, 2.24) is 0 Å². The summed E-state index contributed by atoms with van der Waals surface area (Å²) in [7, 11) is -3.53. The van der Waals surface area contributed by atoms with E-state index in [1.807, 2.05) is 12.1 Å². The Kier molecular flexibility index (Phi) is 5.34. The van der Waals surface area contributed by atoms with E-state index in [4.69, 9.17) is 0 Å². The number of benzene rings is 2. The zero-order chi connectivity index (χ0) is 14.0. The Morgan fingerprint density at radius 1 is 0.842 bits per heavy atom. The standard InChI is InChI=1S/C12H8I3NO2S/c13-8-1-3-9(4-2-8)16-19(17,18)10-5-6-11(14)12(15)7-10/h1-7,16H. The SMILES string of the molecule is O=S(=O)(Nc1ccc(I)cc1)c1ccc(I)c(I)c1. The Hall–Kier alpha value is 0.380. The van der Waals surface area contributed by atoms with Crippen molar-refractivity contribution in [3.05, 3.63) is 53.2 Å². The van der Waals surface area contributed by atoms with Crippen LogP contribution >= 0.6 is 67.8 Å². The number of hydrogen-bond donors (Lipinski definition) is 1. The Morgan fingerprint density at radius 2 is 1.47 bits per heavy atom. The summed E-state index contributed by atoms with van der Waals surface area (Å²) in [6.45, 7) is 0. The van der Waals surface area contributed by atoms with Crippen LogP contribution in [0.2, 0.25) is 0 Å². The molecule has 0 heterocycles. The Labute approximate surface area is 153 Å². The summed E-state index contributed by atoms with van der Waals surface area (Å²) < 4.78 is 30.0. The molecule has 0 unspecified atom stereocenters. The second kappa shape index (κ2) is 6.43. The topological polar surface area (TPSA) is 46.2 Å². The van der Waals surface area contributed by atoms with E-state index in [0.717, 1.165) is 10.7 Å². The highest BCUT2D eigenvalue weighted by Gasteiger charge is 2.15. The molecule has 0 fully saturated rings. The van der Waals surface area contributed by atoms with Crippen LogP contribution in [0.15, 0.2) is 47.4 Å². The zero-order valence-electron chi connectivity index (χ0n) is 9.40. The molecule has 0 aliphatic heterocycles. The summed E-state index contributed by atoms with van der Waals surface area (Å²) in [5.41, 5.74) is 0.564. The molecule has 0 aromatic heterocycles. The van der Waals surface area contributed by atoms with Gasteiger partial charge in [-0.1, -0.05) is 0 Å². The summed E-state index contributed by atoms with van der Waals surface area (Å²) in [4.78, 5) is 0.274. The van der Waals surface area contributed by atoms with E-state index in [1.54, 1.807) is 30.3 Å². The van der Waals surface area contributed by atoms with Crippen LogP contribution in [0.4, 0.5) is 5.69 Å². The highest BCUT2D eigenvalue weighted by molar-refractivity contribution is 14.1. The third-order valence-corrected chi connectivity index (χ3v) is 7.26. The first-order chi connectivity index (χ1) is 8.88. The smallest absolute Gasteiger partial charge is 0.261 e. The lowest BCUT2D eigenvalue weighted by atomic mass is 10.3. The molecule has 2 aromatic carbocycles. The molecular weight excluding hydrogens is 603 g/mol. The molecule has 7 heteroatoms. The average Bonchev–Trinajstić information content (AvgIpc) is 2.35. The minimum Gasteiger partial charge on any atom is -0.280 e. The maximum Gasteiger partial charge on any atom is 0.261 e.